The molecule has 1 aliphatic carbocycles. The molecule has 0 radical (unpaired) electrons. The average Bonchev–Trinajstić information content (AvgIpc) is 3.61. The molecule has 0 saturated heterocycles. The van der Waals surface area contributed by atoms with Gasteiger partial charge in [0.05, 0.1) is 29.5 Å². The Hall–Kier alpha value is -4.02. The van der Waals surface area contributed by atoms with Gasteiger partial charge in [-0.15, -0.1) is 0 Å². The molecule has 5 aromatic rings. The van der Waals surface area contributed by atoms with Crippen LogP contribution >= 0.6 is 0 Å². The van der Waals surface area contributed by atoms with E-state index in [4.69, 9.17) is 15.1 Å². The second kappa shape index (κ2) is 9.57. The van der Waals surface area contributed by atoms with Crippen LogP contribution in [0.15, 0.2) is 36.7 Å². The van der Waals surface area contributed by atoms with Crippen molar-refractivity contribution in [1.82, 2.24) is 39.1 Å². The van der Waals surface area contributed by atoms with Gasteiger partial charge in [-0.2, -0.15) is 23.4 Å². The zero-order valence-corrected chi connectivity index (χ0v) is 23.2. The molecule has 1 aliphatic rings. The van der Waals surface area contributed by atoms with E-state index in [1.165, 1.54) is 0 Å². The average molecular weight is 549 g/mol. The third-order valence-electron chi connectivity index (χ3n) is 7.37. The molecule has 0 amide bonds. The molecule has 0 saturated carbocycles. The minimum absolute atomic E-state index is 0.164. The lowest BCUT2D eigenvalue weighted by molar-refractivity contribution is -0.140. The molecule has 8 nitrogen and oxygen atoms in total. The van der Waals surface area contributed by atoms with Crippen LogP contribution in [0.4, 0.5) is 13.2 Å². The van der Waals surface area contributed by atoms with Crippen molar-refractivity contribution in [2.24, 2.45) is 0 Å². The van der Waals surface area contributed by atoms with E-state index in [9.17, 15) is 13.2 Å². The summed E-state index contributed by atoms with van der Waals surface area (Å²) >= 11 is 0. The Balaban J connectivity index is 1.38. The number of rotatable bonds is 6. The number of hydrogen-bond donors (Lipinski definition) is 0. The molecule has 0 unspecified atom stereocenters. The number of alkyl halides is 3. The highest BCUT2D eigenvalue weighted by atomic mass is 19.4. The topological polar surface area (TPSA) is 79.2 Å². The summed E-state index contributed by atoms with van der Waals surface area (Å²) in [6, 6.07) is 7.46. The molecule has 0 aliphatic heterocycles. The third-order valence-corrected chi connectivity index (χ3v) is 7.37. The third kappa shape index (κ3) is 4.47. The van der Waals surface area contributed by atoms with E-state index in [0.29, 0.717) is 23.8 Å². The Labute approximate surface area is 229 Å². The Kier molecular flexibility index (Phi) is 6.27. The maximum atomic E-state index is 13.4. The SMILES string of the molecule is Cc1cnn(C(C)C)c1-c1nc2c3c(nn(Cc4ccc(-c5nc(C(F)(F)F)cn5C(C)C)cc4)c3n1)CCC2. The van der Waals surface area contributed by atoms with E-state index in [1.807, 2.05) is 60.6 Å². The van der Waals surface area contributed by atoms with Gasteiger partial charge >= 0.3 is 6.18 Å². The summed E-state index contributed by atoms with van der Waals surface area (Å²) in [5.74, 6) is 0.947. The van der Waals surface area contributed by atoms with Gasteiger partial charge < -0.3 is 4.57 Å². The number of aryl methyl sites for hydroxylation is 3. The molecule has 0 atom stereocenters. The van der Waals surface area contributed by atoms with Crippen LogP contribution in [0.3, 0.4) is 0 Å². The minimum atomic E-state index is -4.50. The molecule has 40 heavy (non-hydrogen) atoms. The number of nitrogens with zero attached hydrogens (tertiary/aromatic N) is 8. The fourth-order valence-corrected chi connectivity index (χ4v) is 5.40. The summed E-state index contributed by atoms with van der Waals surface area (Å²) in [5, 5.41) is 10.5. The number of benzene rings is 1. The van der Waals surface area contributed by atoms with Crippen molar-refractivity contribution in [2.45, 2.75) is 78.7 Å². The Bertz CT molecular complexity index is 1700. The number of hydrogen-bond acceptors (Lipinski definition) is 5. The lowest BCUT2D eigenvalue weighted by Crippen LogP contribution is -2.10. The highest BCUT2D eigenvalue weighted by molar-refractivity contribution is 5.83. The van der Waals surface area contributed by atoms with Crippen LogP contribution in [-0.2, 0) is 25.6 Å². The first-order chi connectivity index (χ1) is 19.0. The molecule has 0 fully saturated rings. The Morgan fingerprint density at radius 1 is 0.925 bits per heavy atom. The van der Waals surface area contributed by atoms with Crippen LogP contribution in [0.1, 0.15) is 74.4 Å². The van der Waals surface area contributed by atoms with Crippen LogP contribution in [0.25, 0.3) is 33.9 Å². The summed E-state index contributed by atoms with van der Waals surface area (Å²) in [5.41, 5.74) is 5.44. The molecule has 208 valence electrons. The van der Waals surface area contributed by atoms with Gasteiger partial charge in [0.15, 0.2) is 17.2 Å². The quantitative estimate of drug-likeness (QED) is 0.240. The monoisotopic (exact) mass is 548 g/mol. The van der Waals surface area contributed by atoms with Crippen molar-refractivity contribution in [3.63, 3.8) is 0 Å². The second-order valence-corrected chi connectivity index (χ2v) is 11.0. The Morgan fingerprint density at radius 2 is 1.65 bits per heavy atom. The van der Waals surface area contributed by atoms with Gasteiger partial charge in [0, 0.05) is 23.8 Å². The van der Waals surface area contributed by atoms with Gasteiger partial charge in [-0.1, -0.05) is 24.3 Å². The van der Waals surface area contributed by atoms with Crippen LogP contribution in [0, 0.1) is 6.92 Å². The zero-order valence-electron chi connectivity index (χ0n) is 23.2. The molecule has 6 rings (SSSR count). The lowest BCUT2D eigenvalue weighted by Gasteiger charge is -2.14. The molecule has 11 heteroatoms. The first kappa shape index (κ1) is 26.2. The van der Waals surface area contributed by atoms with E-state index in [2.05, 4.69) is 23.9 Å². The van der Waals surface area contributed by atoms with Gasteiger partial charge in [0.1, 0.15) is 11.5 Å². The predicted octanol–water partition coefficient (Wildman–Crippen LogP) is 6.58. The standard InChI is InChI=1S/C29H31F3N8/c1-16(2)38-15-23(29(30,31)32)35-27(38)20-11-9-19(10-12-20)14-39-28-24-21(7-6-8-22(24)37-39)34-26(36-28)25-18(5)13-33-40(25)17(3)4/h9-13,15-17H,6-8,14H2,1-5H3. The summed E-state index contributed by atoms with van der Waals surface area (Å²) < 4.78 is 45.5. The summed E-state index contributed by atoms with van der Waals surface area (Å²) in [7, 11) is 0. The van der Waals surface area contributed by atoms with Crippen LogP contribution < -0.4 is 0 Å². The highest BCUT2D eigenvalue weighted by Gasteiger charge is 2.35. The first-order valence-electron chi connectivity index (χ1n) is 13.6. The molecule has 1 aromatic carbocycles. The molecule has 0 spiro atoms. The Morgan fingerprint density at radius 3 is 2.33 bits per heavy atom. The normalized spacial score (nSPS) is 13.8. The highest BCUT2D eigenvalue weighted by Crippen LogP contribution is 2.34. The number of halogens is 3. The second-order valence-electron chi connectivity index (χ2n) is 11.0. The first-order valence-corrected chi connectivity index (χ1v) is 13.6. The van der Waals surface area contributed by atoms with Crippen LogP contribution in [0.2, 0.25) is 0 Å². The van der Waals surface area contributed by atoms with Gasteiger partial charge in [0.25, 0.3) is 0 Å². The predicted molar refractivity (Wildman–Crippen MR) is 146 cm³/mol. The largest absolute Gasteiger partial charge is 0.434 e. The summed E-state index contributed by atoms with van der Waals surface area (Å²) in [4.78, 5) is 13.9. The fraction of sp³-hybridized carbons (Fsp3) is 0.414. The minimum Gasteiger partial charge on any atom is -0.328 e. The smallest absolute Gasteiger partial charge is 0.328 e. The lowest BCUT2D eigenvalue weighted by atomic mass is 10.0. The van der Waals surface area contributed by atoms with E-state index >= 15 is 0 Å². The van der Waals surface area contributed by atoms with Crippen molar-refractivity contribution in [3.8, 4) is 22.9 Å². The van der Waals surface area contributed by atoms with E-state index in [0.717, 1.165) is 64.7 Å². The van der Waals surface area contributed by atoms with Crippen molar-refractivity contribution in [1.29, 1.82) is 0 Å². The van der Waals surface area contributed by atoms with Gasteiger partial charge in [0.2, 0.25) is 0 Å². The molecular formula is C29H31F3N8. The number of aromatic nitrogens is 8. The van der Waals surface area contributed by atoms with Gasteiger partial charge in [-0.25, -0.2) is 19.6 Å². The number of imidazole rings is 1. The molecule has 0 bridgehead atoms. The fourth-order valence-electron chi connectivity index (χ4n) is 5.40. The van der Waals surface area contributed by atoms with E-state index in [-0.39, 0.29) is 12.1 Å². The van der Waals surface area contributed by atoms with Crippen molar-refractivity contribution in [3.05, 3.63) is 64.9 Å². The van der Waals surface area contributed by atoms with E-state index < -0.39 is 11.9 Å². The molecule has 4 aromatic heterocycles. The molecule has 0 N–H and O–H groups in total. The maximum Gasteiger partial charge on any atom is 0.434 e. The molecule has 4 heterocycles. The van der Waals surface area contributed by atoms with Crippen molar-refractivity contribution < 1.29 is 13.2 Å². The maximum absolute atomic E-state index is 13.4. The summed E-state index contributed by atoms with van der Waals surface area (Å²) in [6.07, 6.45) is 1.16. The molecular weight excluding hydrogens is 517 g/mol. The van der Waals surface area contributed by atoms with E-state index in [1.54, 1.807) is 4.57 Å². The van der Waals surface area contributed by atoms with Crippen molar-refractivity contribution in [2.75, 3.05) is 0 Å². The van der Waals surface area contributed by atoms with Crippen molar-refractivity contribution >= 4 is 11.0 Å². The van der Waals surface area contributed by atoms with Gasteiger partial charge in [-0.05, 0) is 65.0 Å². The van der Waals surface area contributed by atoms with Crippen LogP contribution in [-0.4, -0.2) is 39.1 Å². The zero-order chi connectivity index (χ0) is 28.3. The van der Waals surface area contributed by atoms with Gasteiger partial charge in [-0.3, -0.25) is 4.68 Å². The van der Waals surface area contributed by atoms with Crippen LogP contribution in [0.5, 0.6) is 0 Å². The summed E-state index contributed by atoms with van der Waals surface area (Å²) in [6.45, 7) is 10.3.